The zero-order chi connectivity index (χ0) is 23.1. The Morgan fingerprint density at radius 2 is 1.88 bits per heavy atom. The zero-order valence-electron chi connectivity index (χ0n) is 18.6. The predicted octanol–water partition coefficient (Wildman–Crippen LogP) is 4.70. The fourth-order valence-electron chi connectivity index (χ4n) is 4.81. The number of benzene rings is 2. The van der Waals surface area contributed by atoms with Gasteiger partial charge >= 0.3 is 0 Å². The molecule has 2 atom stereocenters. The predicted molar refractivity (Wildman–Crippen MR) is 131 cm³/mol. The van der Waals surface area contributed by atoms with Crippen molar-refractivity contribution in [2.75, 3.05) is 21.7 Å². The molecule has 0 radical (unpaired) electrons. The highest BCUT2D eigenvalue weighted by molar-refractivity contribution is 7.10. The minimum Gasteiger partial charge on any atom is -0.326 e. The number of amides is 3. The van der Waals surface area contributed by atoms with Crippen LogP contribution in [-0.2, 0) is 20.8 Å². The summed E-state index contributed by atoms with van der Waals surface area (Å²) in [5.41, 5.74) is 4.56. The van der Waals surface area contributed by atoms with Gasteiger partial charge in [0.1, 0.15) is 0 Å². The van der Waals surface area contributed by atoms with Crippen LogP contribution in [-0.4, -0.2) is 24.3 Å². The lowest BCUT2D eigenvalue weighted by atomic mass is 9.97. The summed E-state index contributed by atoms with van der Waals surface area (Å²) in [6.07, 6.45) is 0.922. The Morgan fingerprint density at radius 3 is 2.58 bits per heavy atom. The molecular weight excluding hydrogens is 434 g/mol. The average Bonchev–Trinajstić information content (AvgIpc) is 3.52. The molecule has 7 heteroatoms. The summed E-state index contributed by atoms with van der Waals surface area (Å²) >= 11 is 1.56. The van der Waals surface area contributed by atoms with E-state index in [1.807, 2.05) is 66.9 Å². The van der Waals surface area contributed by atoms with Gasteiger partial charge < -0.3 is 15.1 Å². The molecule has 0 bridgehead atoms. The molecular formula is C26H25N3O3S. The van der Waals surface area contributed by atoms with Crippen LogP contribution in [0, 0.1) is 12.8 Å². The van der Waals surface area contributed by atoms with Gasteiger partial charge in [0.25, 0.3) is 0 Å². The number of nitrogens with one attached hydrogen (secondary N) is 1. The van der Waals surface area contributed by atoms with Crippen LogP contribution >= 0.6 is 11.3 Å². The summed E-state index contributed by atoms with van der Waals surface area (Å²) in [4.78, 5) is 42.8. The standard InChI is InChI=1S/C26H25N3O3S/c1-16-5-8-20(9-6-16)29-24(31)15-21(25(29)23-4-3-13-33-23)26(32)27-19-7-10-22-18(14-19)11-12-28(22)17(2)30/h3-10,13-14,21,25H,11-12,15H2,1-2H3,(H,27,32). The molecule has 0 saturated carbocycles. The second-order valence-electron chi connectivity index (χ2n) is 8.62. The van der Waals surface area contributed by atoms with Crippen LogP contribution in [0.25, 0.3) is 0 Å². The van der Waals surface area contributed by atoms with Gasteiger partial charge in [0.15, 0.2) is 0 Å². The minimum absolute atomic E-state index is 0.0185. The van der Waals surface area contributed by atoms with E-state index < -0.39 is 5.92 Å². The molecule has 1 N–H and O–H groups in total. The molecule has 0 spiro atoms. The summed E-state index contributed by atoms with van der Waals surface area (Å²) in [5.74, 6) is -0.703. The number of thiophene rings is 1. The van der Waals surface area contributed by atoms with E-state index in [0.29, 0.717) is 12.2 Å². The highest BCUT2D eigenvalue weighted by atomic mass is 32.1. The van der Waals surface area contributed by atoms with Gasteiger partial charge in [-0.25, -0.2) is 0 Å². The van der Waals surface area contributed by atoms with Crippen molar-refractivity contribution in [2.45, 2.75) is 32.7 Å². The smallest absolute Gasteiger partial charge is 0.230 e. The normalized spacial score (nSPS) is 19.6. The summed E-state index contributed by atoms with van der Waals surface area (Å²) < 4.78 is 0. The third kappa shape index (κ3) is 3.93. The summed E-state index contributed by atoms with van der Waals surface area (Å²) in [6, 6.07) is 17.1. The molecule has 3 heterocycles. The lowest BCUT2D eigenvalue weighted by molar-refractivity contribution is -0.122. The van der Waals surface area contributed by atoms with Crippen molar-refractivity contribution in [2.24, 2.45) is 5.92 Å². The van der Waals surface area contributed by atoms with Crippen molar-refractivity contribution in [1.29, 1.82) is 0 Å². The molecule has 5 rings (SSSR count). The first-order valence-corrected chi connectivity index (χ1v) is 11.9. The molecule has 1 aromatic heterocycles. The molecule has 3 aromatic rings. The molecule has 6 nitrogen and oxygen atoms in total. The van der Waals surface area contributed by atoms with Gasteiger partial charge in [-0.05, 0) is 60.7 Å². The van der Waals surface area contributed by atoms with E-state index in [1.165, 1.54) is 0 Å². The SMILES string of the molecule is CC(=O)N1CCc2cc(NC(=O)C3CC(=O)N(c4ccc(C)cc4)C3c3cccs3)ccc21. The maximum absolute atomic E-state index is 13.4. The Hall–Kier alpha value is -3.45. The Kier molecular flexibility index (Phi) is 5.50. The number of rotatable bonds is 4. The largest absolute Gasteiger partial charge is 0.326 e. The van der Waals surface area contributed by atoms with E-state index in [4.69, 9.17) is 0 Å². The first-order chi connectivity index (χ1) is 15.9. The van der Waals surface area contributed by atoms with Crippen LogP contribution in [0.3, 0.4) is 0 Å². The molecule has 2 aromatic carbocycles. The highest BCUT2D eigenvalue weighted by Crippen LogP contribution is 2.43. The van der Waals surface area contributed by atoms with E-state index in [0.717, 1.165) is 33.8 Å². The number of anilines is 3. The summed E-state index contributed by atoms with van der Waals surface area (Å²) in [5, 5.41) is 5.01. The van der Waals surface area contributed by atoms with Gasteiger partial charge in [-0.2, -0.15) is 0 Å². The van der Waals surface area contributed by atoms with Crippen molar-refractivity contribution in [3.8, 4) is 0 Å². The monoisotopic (exact) mass is 459 g/mol. The van der Waals surface area contributed by atoms with Crippen molar-refractivity contribution in [3.63, 3.8) is 0 Å². The number of carbonyl (C=O) groups excluding carboxylic acids is 3. The van der Waals surface area contributed by atoms with E-state index in [-0.39, 0.29) is 30.2 Å². The van der Waals surface area contributed by atoms with Crippen molar-refractivity contribution in [3.05, 3.63) is 76.0 Å². The summed E-state index contributed by atoms with van der Waals surface area (Å²) in [6.45, 7) is 4.23. The van der Waals surface area contributed by atoms with Crippen LogP contribution in [0.4, 0.5) is 17.1 Å². The fraction of sp³-hybridized carbons (Fsp3) is 0.269. The average molecular weight is 460 g/mol. The Bertz CT molecular complexity index is 1220. The molecule has 3 amide bonds. The van der Waals surface area contributed by atoms with Crippen molar-refractivity contribution < 1.29 is 14.4 Å². The fourth-order valence-corrected chi connectivity index (χ4v) is 5.69. The molecule has 168 valence electrons. The van der Waals surface area contributed by atoms with Crippen molar-refractivity contribution >= 4 is 46.1 Å². The van der Waals surface area contributed by atoms with Crippen molar-refractivity contribution in [1.82, 2.24) is 0 Å². The Labute approximate surface area is 196 Å². The number of hydrogen-bond acceptors (Lipinski definition) is 4. The number of hydrogen-bond donors (Lipinski definition) is 1. The lowest BCUT2D eigenvalue weighted by Crippen LogP contribution is -2.32. The van der Waals surface area contributed by atoms with Gasteiger partial charge in [-0.3, -0.25) is 14.4 Å². The van der Waals surface area contributed by atoms with Gasteiger partial charge in [-0.15, -0.1) is 11.3 Å². The first kappa shape index (κ1) is 21.4. The number of fused-ring (bicyclic) bond motifs is 1. The van der Waals surface area contributed by atoms with E-state index in [2.05, 4.69) is 5.32 Å². The molecule has 33 heavy (non-hydrogen) atoms. The van der Waals surface area contributed by atoms with Crippen LogP contribution in [0.5, 0.6) is 0 Å². The van der Waals surface area contributed by atoms with Crippen LogP contribution in [0.1, 0.15) is 35.4 Å². The second kappa shape index (κ2) is 8.48. The topological polar surface area (TPSA) is 69.7 Å². The van der Waals surface area contributed by atoms with Crippen LogP contribution in [0.2, 0.25) is 0 Å². The second-order valence-corrected chi connectivity index (χ2v) is 9.60. The van der Waals surface area contributed by atoms with Gasteiger partial charge in [-0.1, -0.05) is 23.8 Å². The molecule has 1 fully saturated rings. The third-order valence-electron chi connectivity index (χ3n) is 6.43. The zero-order valence-corrected chi connectivity index (χ0v) is 19.4. The first-order valence-electron chi connectivity index (χ1n) is 11.1. The lowest BCUT2D eigenvalue weighted by Gasteiger charge is -2.27. The minimum atomic E-state index is -0.501. The summed E-state index contributed by atoms with van der Waals surface area (Å²) in [7, 11) is 0. The molecule has 0 aliphatic carbocycles. The van der Waals surface area contributed by atoms with Gasteiger partial charge in [0.05, 0.1) is 12.0 Å². The number of aryl methyl sites for hydroxylation is 1. The van der Waals surface area contributed by atoms with E-state index in [1.54, 1.807) is 28.1 Å². The molecule has 2 aliphatic heterocycles. The highest BCUT2D eigenvalue weighted by Gasteiger charge is 2.45. The molecule has 1 saturated heterocycles. The third-order valence-corrected chi connectivity index (χ3v) is 7.37. The number of nitrogens with zero attached hydrogens (tertiary/aromatic N) is 2. The van der Waals surface area contributed by atoms with E-state index >= 15 is 0 Å². The molecule has 2 aliphatic rings. The quantitative estimate of drug-likeness (QED) is 0.615. The Morgan fingerprint density at radius 1 is 1.09 bits per heavy atom. The van der Waals surface area contributed by atoms with Gasteiger partial charge in [0, 0.05) is 41.8 Å². The molecule has 2 unspecified atom stereocenters. The maximum atomic E-state index is 13.4. The maximum Gasteiger partial charge on any atom is 0.230 e. The van der Waals surface area contributed by atoms with Gasteiger partial charge in [0.2, 0.25) is 17.7 Å². The van der Waals surface area contributed by atoms with Crippen LogP contribution in [0.15, 0.2) is 60.0 Å². The number of carbonyl (C=O) groups is 3. The van der Waals surface area contributed by atoms with E-state index in [9.17, 15) is 14.4 Å². The van der Waals surface area contributed by atoms with Crippen LogP contribution < -0.4 is 15.1 Å². The Balaban J connectivity index is 1.42.